The molecule has 1 aromatic carbocycles. The van der Waals surface area contributed by atoms with E-state index in [4.69, 9.17) is 0 Å². The molecule has 0 bridgehead atoms. The molecule has 0 spiro atoms. The SMILES string of the molecule is O=C(N[C@@H]1C[C@H]1c1ccc(Br)cc1)[C@H]1C[C@@H]1c1ncn[nH]1. The minimum Gasteiger partial charge on any atom is -0.352 e. The van der Waals surface area contributed by atoms with Gasteiger partial charge in [-0.25, -0.2) is 4.98 Å². The highest BCUT2D eigenvalue weighted by atomic mass is 79.9. The highest BCUT2D eigenvalue weighted by Crippen LogP contribution is 2.47. The van der Waals surface area contributed by atoms with Crippen LogP contribution in [0.3, 0.4) is 0 Å². The first kappa shape index (κ1) is 13.0. The number of benzene rings is 1. The fraction of sp³-hybridized carbons (Fsp3) is 0.400. The van der Waals surface area contributed by atoms with Crippen molar-refractivity contribution in [1.82, 2.24) is 20.5 Å². The Labute approximate surface area is 130 Å². The summed E-state index contributed by atoms with van der Waals surface area (Å²) in [6.45, 7) is 0. The monoisotopic (exact) mass is 346 g/mol. The molecule has 0 radical (unpaired) electrons. The second kappa shape index (κ2) is 4.94. The third-order valence-corrected chi connectivity index (χ3v) is 4.86. The van der Waals surface area contributed by atoms with Gasteiger partial charge < -0.3 is 5.32 Å². The van der Waals surface area contributed by atoms with E-state index in [0.717, 1.165) is 23.1 Å². The van der Waals surface area contributed by atoms with Gasteiger partial charge in [-0.05, 0) is 30.5 Å². The summed E-state index contributed by atoms with van der Waals surface area (Å²) in [5.74, 6) is 1.72. The van der Waals surface area contributed by atoms with Crippen molar-refractivity contribution in [2.75, 3.05) is 0 Å². The number of nitrogens with one attached hydrogen (secondary N) is 2. The van der Waals surface area contributed by atoms with Crippen LogP contribution >= 0.6 is 15.9 Å². The van der Waals surface area contributed by atoms with E-state index in [2.05, 4.69) is 48.6 Å². The molecule has 2 aromatic rings. The molecule has 0 aliphatic heterocycles. The van der Waals surface area contributed by atoms with Crippen LogP contribution in [0.2, 0.25) is 0 Å². The van der Waals surface area contributed by atoms with Crippen LogP contribution in [0.25, 0.3) is 0 Å². The number of H-pyrrole nitrogens is 1. The number of halogens is 1. The molecule has 1 heterocycles. The van der Waals surface area contributed by atoms with Crippen LogP contribution in [-0.4, -0.2) is 27.1 Å². The summed E-state index contributed by atoms with van der Waals surface area (Å²) >= 11 is 3.44. The Kier molecular flexibility index (Phi) is 3.06. The predicted molar refractivity (Wildman–Crippen MR) is 80.7 cm³/mol. The molecule has 2 N–H and O–H groups in total. The zero-order chi connectivity index (χ0) is 14.4. The molecule has 4 rings (SSSR count). The van der Waals surface area contributed by atoms with Crippen molar-refractivity contribution in [2.45, 2.75) is 30.7 Å². The molecule has 21 heavy (non-hydrogen) atoms. The number of nitrogens with zero attached hydrogens (tertiary/aromatic N) is 2. The maximum atomic E-state index is 12.2. The minimum absolute atomic E-state index is 0.0594. The van der Waals surface area contributed by atoms with Crippen molar-refractivity contribution >= 4 is 21.8 Å². The van der Waals surface area contributed by atoms with Gasteiger partial charge in [0.25, 0.3) is 0 Å². The van der Waals surface area contributed by atoms with Gasteiger partial charge in [0.05, 0.1) is 0 Å². The second-order valence-corrected chi connectivity index (χ2v) is 6.74. The molecule has 4 atom stereocenters. The van der Waals surface area contributed by atoms with Crippen molar-refractivity contribution < 1.29 is 4.79 Å². The van der Waals surface area contributed by atoms with Crippen LogP contribution in [0.1, 0.15) is 36.1 Å². The molecule has 2 aliphatic rings. The molecule has 1 amide bonds. The molecular weight excluding hydrogens is 332 g/mol. The lowest BCUT2D eigenvalue weighted by atomic mass is 10.1. The van der Waals surface area contributed by atoms with Gasteiger partial charge in [-0.3, -0.25) is 9.89 Å². The van der Waals surface area contributed by atoms with Crippen LogP contribution in [0.4, 0.5) is 0 Å². The number of carbonyl (C=O) groups excluding carboxylic acids is 1. The second-order valence-electron chi connectivity index (χ2n) is 5.83. The van der Waals surface area contributed by atoms with Gasteiger partial charge in [0, 0.05) is 28.3 Å². The average Bonchev–Trinajstić information content (AvgIpc) is 3.38. The Morgan fingerprint density at radius 2 is 2.05 bits per heavy atom. The summed E-state index contributed by atoms with van der Waals surface area (Å²) in [7, 11) is 0. The van der Waals surface area contributed by atoms with Gasteiger partial charge in [0.2, 0.25) is 5.91 Å². The number of aromatic nitrogens is 3. The molecule has 1 aromatic heterocycles. The van der Waals surface area contributed by atoms with E-state index in [9.17, 15) is 4.79 Å². The fourth-order valence-corrected chi connectivity index (χ4v) is 3.17. The van der Waals surface area contributed by atoms with Crippen molar-refractivity contribution in [3.63, 3.8) is 0 Å². The Hall–Kier alpha value is -1.69. The van der Waals surface area contributed by atoms with E-state index in [-0.39, 0.29) is 23.8 Å². The Morgan fingerprint density at radius 1 is 1.24 bits per heavy atom. The Bertz CT molecular complexity index is 655. The summed E-state index contributed by atoms with van der Waals surface area (Å²) in [5, 5.41) is 9.84. The van der Waals surface area contributed by atoms with E-state index in [1.165, 1.54) is 11.9 Å². The lowest BCUT2D eigenvalue weighted by Crippen LogP contribution is -2.28. The van der Waals surface area contributed by atoms with Gasteiger partial charge >= 0.3 is 0 Å². The first-order valence-corrected chi connectivity index (χ1v) is 7.93. The van der Waals surface area contributed by atoms with Crippen LogP contribution in [0, 0.1) is 5.92 Å². The van der Waals surface area contributed by atoms with Gasteiger partial charge in [0.15, 0.2) is 0 Å². The minimum atomic E-state index is 0.0594. The number of amides is 1. The van der Waals surface area contributed by atoms with Crippen molar-refractivity contribution in [3.8, 4) is 0 Å². The van der Waals surface area contributed by atoms with Crippen LogP contribution in [0.5, 0.6) is 0 Å². The molecule has 0 saturated heterocycles. The van der Waals surface area contributed by atoms with Gasteiger partial charge in [-0.15, -0.1) is 0 Å². The van der Waals surface area contributed by atoms with Crippen LogP contribution in [0.15, 0.2) is 35.1 Å². The molecule has 5 nitrogen and oxygen atoms in total. The summed E-state index contributed by atoms with van der Waals surface area (Å²) in [5.41, 5.74) is 1.30. The highest BCUT2D eigenvalue weighted by Gasteiger charge is 2.48. The van der Waals surface area contributed by atoms with Gasteiger partial charge in [-0.2, -0.15) is 5.10 Å². The van der Waals surface area contributed by atoms with Crippen LogP contribution in [-0.2, 0) is 4.79 Å². The van der Waals surface area contributed by atoms with E-state index >= 15 is 0 Å². The Morgan fingerprint density at radius 3 is 2.76 bits per heavy atom. The maximum absolute atomic E-state index is 12.2. The summed E-state index contributed by atoms with van der Waals surface area (Å²) in [4.78, 5) is 16.3. The van der Waals surface area contributed by atoms with Gasteiger partial charge in [-0.1, -0.05) is 28.1 Å². The maximum Gasteiger partial charge on any atom is 0.224 e. The number of rotatable bonds is 4. The van der Waals surface area contributed by atoms with E-state index in [0.29, 0.717) is 5.92 Å². The third kappa shape index (κ3) is 2.60. The predicted octanol–water partition coefficient (Wildman–Crippen LogP) is 2.34. The Balaban J connectivity index is 1.32. The normalized spacial score (nSPS) is 30.0. The number of carbonyl (C=O) groups is 1. The molecule has 0 unspecified atom stereocenters. The molecule has 2 saturated carbocycles. The molecule has 108 valence electrons. The van der Waals surface area contributed by atoms with Crippen molar-refractivity contribution in [2.24, 2.45) is 5.92 Å². The summed E-state index contributed by atoms with van der Waals surface area (Å²) in [6.07, 6.45) is 3.40. The zero-order valence-electron chi connectivity index (χ0n) is 11.3. The van der Waals surface area contributed by atoms with Crippen molar-refractivity contribution in [1.29, 1.82) is 0 Å². The first-order chi connectivity index (χ1) is 10.2. The number of hydrogen-bond donors (Lipinski definition) is 2. The summed E-state index contributed by atoms with van der Waals surface area (Å²) < 4.78 is 1.08. The van der Waals surface area contributed by atoms with E-state index in [1.807, 2.05) is 12.1 Å². The standard InChI is InChI=1S/C15H15BrN4O/c16-9-3-1-8(2-4-9)10-6-13(10)19-15(21)12-5-11(12)14-17-7-18-20-14/h1-4,7,10-13H,5-6H2,(H,19,21)(H,17,18,20)/t10-,11-,12-,13+/m0/s1. The first-order valence-electron chi connectivity index (χ1n) is 7.13. The smallest absolute Gasteiger partial charge is 0.224 e. The quantitative estimate of drug-likeness (QED) is 0.892. The topological polar surface area (TPSA) is 70.7 Å². The highest BCUT2D eigenvalue weighted by molar-refractivity contribution is 9.10. The molecule has 2 aliphatic carbocycles. The molecule has 6 heteroatoms. The van der Waals surface area contributed by atoms with E-state index < -0.39 is 0 Å². The third-order valence-electron chi connectivity index (χ3n) is 4.33. The molecular formula is C15H15BrN4O. The lowest BCUT2D eigenvalue weighted by Gasteiger charge is -2.04. The average molecular weight is 347 g/mol. The lowest BCUT2D eigenvalue weighted by molar-refractivity contribution is -0.122. The van der Waals surface area contributed by atoms with E-state index in [1.54, 1.807) is 0 Å². The fourth-order valence-electron chi connectivity index (χ4n) is 2.90. The van der Waals surface area contributed by atoms with Crippen LogP contribution < -0.4 is 5.32 Å². The van der Waals surface area contributed by atoms with Crippen molar-refractivity contribution in [3.05, 3.63) is 46.5 Å². The largest absolute Gasteiger partial charge is 0.352 e. The number of aromatic amines is 1. The molecule has 2 fully saturated rings. The van der Waals surface area contributed by atoms with Gasteiger partial charge in [0.1, 0.15) is 12.2 Å². The zero-order valence-corrected chi connectivity index (χ0v) is 12.9. The summed E-state index contributed by atoms with van der Waals surface area (Å²) in [6, 6.07) is 8.63. The number of hydrogen-bond acceptors (Lipinski definition) is 3.